The van der Waals surface area contributed by atoms with Gasteiger partial charge in [0.15, 0.2) is 0 Å². The molecule has 1 aliphatic rings. The van der Waals surface area contributed by atoms with E-state index in [0.29, 0.717) is 6.04 Å². The van der Waals surface area contributed by atoms with E-state index in [2.05, 4.69) is 35.8 Å². The number of likely N-dealkylation sites (N-methyl/N-ethyl adjacent to an activating group) is 1. The van der Waals surface area contributed by atoms with Gasteiger partial charge < -0.3 is 10.0 Å². The zero-order valence-corrected chi connectivity index (χ0v) is 11.6. The molecule has 3 nitrogen and oxygen atoms in total. The van der Waals surface area contributed by atoms with Gasteiger partial charge in [0.05, 0.1) is 6.10 Å². The molecular weight excluding hydrogens is 224 g/mol. The van der Waals surface area contributed by atoms with E-state index in [0.717, 1.165) is 31.7 Å². The molecule has 100 valence electrons. The second-order valence-electron chi connectivity index (χ2n) is 5.16. The predicted molar refractivity (Wildman–Crippen MR) is 76.0 cm³/mol. The summed E-state index contributed by atoms with van der Waals surface area (Å²) in [7, 11) is 0. The molecule has 1 saturated heterocycles. The summed E-state index contributed by atoms with van der Waals surface area (Å²) < 4.78 is 0. The number of piperazine rings is 1. The molecule has 0 aliphatic carbocycles. The standard InChI is InChI=1S/C15H24N2O/c1-4-16-9-10-17(11-12(16)2)15-8-6-5-7-14(15)13(3)18/h5-8,12-13,18H,4,9-11H2,1-3H3/t12?,13-/m0/s1. The Morgan fingerprint density at radius 1 is 1.33 bits per heavy atom. The first-order valence-electron chi connectivity index (χ1n) is 6.89. The van der Waals surface area contributed by atoms with Crippen molar-refractivity contribution in [3.8, 4) is 0 Å². The number of hydrogen-bond donors (Lipinski definition) is 1. The van der Waals surface area contributed by atoms with Crippen LogP contribution >= 0.6 is 0 Å². The molecule has 0 spiro atoms. The Hall–Kier alpha value is -1.06. The zero-order chi connectivity index (χ0) is 13.1. The van der Waals surface area contributed by atoms with Gasteiger partial charge in [-0.25, -0.2) is 0 Å². The molecule has 1 aromatic carbocycles. The van der Waals surface area contributed by atoms with E-state index < -0.39 is 6.10 Å². The Balaban J connectivity index is 2.18. The van der Waals surface area contributed by atoms with E-state index in [9.17, 15) is 5.11 Å². The summed E-state index contributed by atoms with van der Waals surface area (Å²) in [5.41, 5.74) is 2.23. The van der Waals surface area contributed by atoms with Gasteiger partial charge in [-0.05, 0) is 26.5 Å². The van der Waals surface area contributed by atoms with Crippen LogP contribution in [0.2, 0.25) is 0 Å². The fourth-order valence-corrected chi connectivity index (χ4v) is 2.81. The third kappa shape index (κ3) is 2.68. The van der Waals surface area contributed by atoms with Gasteiger partial charge in [-0.3, -0.25) is 4.90 Å². The molecule has 1 fully saturated rings. The van der Waals surface area contributed by atoms with Crippen LogP contribution in [0.3, 0.4) is 0 Å². The highest BCUT2D eigenvalue weighted by Crippen LogP contribution is 2.27. The predicted octanol–water partition coefficient (Wildman–Crippen LogP) is 2.27. The van der Waals surface area contributed by atoms with E-state index in [1.807, 2.05) is 19.1 Å². The summed E-state index contributed by atoms with van der Waals surface area (Å²) in [5.74, 6) is 0. The van der Waals surface area contributed by atoms with E-state index in [1.165, 1.54) is 5.69 Å². The number of anilines is 1. The highest BCUT2D eigenvalue weighted by atomic mass is 16.3. The third-order valence-corrected chi connectivity index (χ3v) is 3.90. The smallest absolute Gasteiger partial charge is 0.0781 e. The Morgan fingerprint density at radius 2 is 2.06 bits per heavy atom. The molecule has 2 atom stereocenters. The first kappa shape index (κ1) is 13.4. The van der Waals surface area contributed by atoms with Gasteiger partial charge in [-0.2, -0.15) is 0 Å². The minimum atomic E-state index is -0.402. The van der Waals surface area contributed by atoms with Crippen molar-refractivity contribution < 1.29 is 5.11 Å². The van der Waals surface area contributed by atoms with Crippen molar-refractivity contribution in [2.24, 2.45) is 0 Å². The highest BCUT2D eigenvalue weighted by molar-refractivity contribution is 5.55. The van der Waals surface area contributed by atoms with Gasteiger partial charge in [0, 0.05) is 36.9 Å². The molecule has 0 bridgehead atoms. The van der Waals surface area contributed by atoms with Crippen molar-refractivity contribution >= 4 is 5.69 Å². The normalized spacial score (nSPS) is 23.1. The summed E-state index contributed by atoms with van der Waals surface area (Å²) in [4.78, 5) is 4.90. The maximum atomic E-state index is 9.86. The molecule has 18 heavy (non-hydrogen) atoms. The van der Waals surface area contributed by atoms with E-state index >= 15 is 0 Å². The summed E-state index contributed by atoms with van der Waals surface area (Å²) >= 11 is 0. The van der Waals surface area contributed by atoms with Crippen LogP contribution < -0.4 is 4.90 Å². The van der Waals surface area contributed by atoms with Crippen LogP contribution in [0.4, 0.5) is 5.69 Å². The molecule has 1 aliphatic heterocycles. The summed E-state index contributed by atoms with van der Waals surface area (Å²) in [6.45, 7) is 10.6. The average Bonchev–Trinajstić information content (AvgIpc) is 2.38. The van der Waals surface area contributed by atoms with Gasteiger partial charge >= 0.3 is 0 Å². The van der Waals surface area contributed by atoms with Crippen molar-refractivity contribution in [2.45, 2.75) is 32.9 Å². The quantitative estimate of drug-likeness (QED) is 0.889. The Kier molecular flexibility index (Phi) is 4.25. The molecule has 0 amide bonds. The Bertz CT molecular complexity index is 392. The first-order valence-corrected chi connectivity index (χ1v) is 6.89. The third-order valence-electron chi connectivity index (χ3n) is 3.90. The van der Waals surface area contributed by atoms with Crippen molar-refractivity contribution in [3.63, 3.8) is 0 Å². The minimum absolute atomic E-state index is 0.402. The summed E-state index contributed by atoms with van der Waals surface area (Å²) in [5, 5.41) is 9.86. The van der Waals surface area contributed by atoms with Gasteiger partial charge in [0.25, 0.3) is 0 Å². The Labute approximate surface area is 110 Å². The molecule has 1 N–H and O–H groups in total. The van der Waals surface area contributed by atoms with Crippen LogP contribution in [0.1, 0.15) is 32.4 Å². The molecule has 0 aromatic heterocycles. The lowest BCUT2D eigenvalue weighted by molar-refractivity contribution is 0.192. The lowest BCUT2D eigenvalue weighted by atomic mass is 10.1. The number of rotatable bonds is 3. The largest absolute Gasteiger partial charge is 0.389 e. The number of para-hydroxylation sites is 1. The van der Waals surface area contributed by atoms with E-state index in [-0.39, 0.29) is 0 Å². The van der Waals surface area contributed by atoms with E-state index in [1.54, 1.807) is 0 Å². The molecule has 1 unspecified atom stereocenters. The van der Waals surface area contributed by atoms with Crippen LogP contribution in [0, 0.1) is 0 Å². The minimum Gasteiger partial charge on any atom is -0.389 e. The Morgan fingerprint density at radius 3 is 2.67 bits per heavy atom. The molecule has 2 rings (SSSR count). The number of aliphatic hydroxyl groups excluding tert-OH is 1. The van der Waals surface area contributed by atoms with Gasteiger partial charge in [0.2, 0.25) is 0 Å². The van der Waals surface area contributed by atoms with Gasteiger partial charge in [-0.1, -0.05) is 25.1 Å². The molecule has 1 heterocycles. The van der Waals surface area contributed by atoms with Crippen LogP contribution in [0.25, 0.3) is 0 Å². The molecule has 0 radical (unpaired) electrons. The second-order valence-corrected chi connectivity index (χ2v) is 5.16. The van der Waals surface area contributed by atoms with Crippen molar-refractivity contribution in [3.05, 3.63) is 29.8 Å². The number of nitrogens with zero attached hydrogens (tertiary/aromatic N) is 2. The molecule has 0 saturated carbocycles. The first-order chi connectivity index (χ1) is 8.63. The lowest BCUT2D eigenvalue weighted by Crippen LogP contribution is -2.52. The monoisotopic (exact) mass is 248 g/mol. The van der Waals surface area contributed by atoms with Crippen molar-refractivity contribution in [1.29, 1.82) is 0 Å². The highest BCUT2D eigenvalue weighted by Gasteiger charge is 2.24. The second kappa shape index (κ2) is 5.72. The van der Waals surface area contributed by atoms with Crippen LogP contribution in [0.5, 0.6) is 0 Å². The fourth-order valence-electron chi connectivity index (χ4n) is 2.81. The number of benzene rings is 1. The van der Waals surface area contributed by atoms with Crippen LogP contribution in [-0.4, -0.2) is 42.2 Å². The van der Waals surface area contributed by atoms with Gasteiger partial charge in [0.1, 0.15) is 0 Å². The zero-order valence-electron chi connectivity index (χ0n) is 11.6. The molecule has 1 aromatic rings. The number of aliphatic hydroxyl groups is 1. The summed E-state index contributed by atoms with van der Waals surface area (Å²) in [6, 6.07) is 8.77. The maximum Gasteiger partial charge on any atom is 0.0781 e. The summed E-state index contributed by atoms with van der Waals surface area (Å²) in [6.07, 6.45) is -0.402. The fraction of sp³-hybridized carbons (Fsp3) is 0.600. The number of hydrogen-bond acceptors (Lipinski definition) is 3. The molecular formula is C15H24N2O. The molecule has 3 heteroatoms. The van der Waals surface area contributed by atoms with Crippen molar-refractivity contribution in [2.75, 3.05) is 31.1 Å². The van der Waals surface area contributed by atoms with Crippen molar-refractivity contribution in [1.82, 2.24) is 4.90 Å². The van der Waals surface area contributed by atoms with Crippen LogP contribution in [0.15, 0.2) is 24.3 Å². The maximum absolute atomic E-state index is 9.86. The van der Waals surface area contributed by atoms with Crippen LogP contribution in [-0.2, 0) is 0 Å². The SMILES string of the molecule is CCN1CCN(c2ccccc2[C@H](C)O)CC1C. The lowest BCUT2D eigenvalue weighted by Gasteiger charge is -2.41. The van der Waals surface area contributed by atoms with E-state index in [4.69, 9.17) is 0 Å². The topological polar surface area (TPSA) is 26.7 Å². The average molecular weight is 248 g/mol. The van der Waals surface area contributed by atoms with Gasteiger partial charge in [-0.15, -0.1) is 0 Å².